The molecule has 0 saturated carbocycles. The maximum absolute atomic E-state index is 2.37. The molecule has 0 N–H and O–H groups in total. The SMILES string of the molecule is Cc1cc(C)c(-c2cc(-c3c(C)cccc3C)c(C)c[n+]2C)cc1-c1ccccc1. The van der Waals surface area contributed by atoms with E-state index < -0.39 is 0 Å². The van der Waals surface area contributed by atoms with Crippen LogP contribution in [0.2, 0.25) is 0 Å². The van der Waals surface area contributed by atoms with Crippen LogP contribution >= 0.6 is 0 Å². The van der Waals surface area contributed by atoms with Gasteiger partial charge in [0, 0.05) is 17.2 Å². The van der Waals surface area contributed by atoms with Gasteiger partial charge in [0.2, 0.25) is 5.69 Å². The van der Waals surface area contributed by atoms with Crippen molar-refractivity contribution in [3.8, 4) is 33.5 Å². The summed E-state index contributed by atoms with van der Waals surface area (Å²) in [7, 11) is 2.15. The number of rotatable bonds is 3. The van der Waals surface area contributed by atoms with Gasteiger partial charge < -0.3 is 0 Å². The average molecular weight is 393 g/mol. The van der Waals surface area contributed by atoms with E-state index in [1.807, 2.05) is 0 Å². The molecule has 3 aromatic carbocycles. The van der Waals surface area contributed by atoms with Crippen LogP contribution in [0.5, 0.6) is 0 Å². The second-order valence-electron chi connectivity index (χ2n) is 8.48. The molecule has 0 radical (unpaired) electrons. The molecule has 0 spiro atoms. The molecule has 0 bridgehead atoms. The van der Waals surface area contributed by atoms with Crippen molar-refractivity contribution < 1.29 is 4.57 Å². The Morgan fingerprint density at radius 1 is 0.533 bits per heavy atom. The lowest BCUT2D eigenvalue weighted by molar-refractivity contribution is -0.660. The summed E-state index contributed by atoms with van der Waals surface area (Å²) in [6.07, 6.45) is 2.26. The fourth-order valence-electron chi connectivity index (χ4n) is 4.62. The number of hydrogen-bond donors (Lipinski definition) is 0. The highest BCUT2D eigenvalue weighted by Gasteiger charge is 2.20. The molecule has 1 nitrogen and oxygen atoms in total. The molecular weight excluding hydrogens is 362 g/mol. The smallest absolute Gasteiger partial charge is 0.201 e. The predicted octanol–water partition coefficient (Wildman–Crippen LogP) is 7.05. The van der Waals surface area contributed by atoms with Crippen LogP contribution in [0.25, 0.3) is 33.5 Å². The van der Waals surface area contributed by atoms with Crippen LogP contribution in [0.4, 0.5) is 0 Å². The molecule has 1 heterocycles. The van der Waals surface area contributed by atoms with Crippen LogP contribution in [0, 0.1) is 34.6 Å². The molecule has 0 aliphatic carbocycles. The van der Waals surface area contributed by atoms with E-state index in [0.717, 1.165) is 0 Å². The Morgan fingerprint density at radius 2 is 1.17 bits per heavy atom. The summed E-state index contributed by atoms with van der Waals surface area (Å²) in [5, 5.41) is 0. The lowest BCUT2D eigenvalue weighted by Gasteiger charge is -2.15. The lowest BCUT2D eigenvalue weighted by Crippen LogP contribution is -2.31. The van der Waals surface area contributed by atoms with Gasteiger partial charge >= 0.3 is 0 Å². The van der Waals surface area contributed by atoms with Crippen LogP contribution in [0.15, 0.2) is 72.9 Å². The van der Waals surface area contributed by atoms with Gasteiger partial charge in [-0.2, -0.15) is 0 Å². The van der Waals surface area contributed by atoms with E-state index in [4.69, 9.17) is 0 Å². The Hall–Kier alpha value is -3.19. The molecule has 0 atom stereocenters. The monoisotopic (exact) mass is 392 g/mol. The highest BCUT2D eigenvalue weighted by molar-refractivity contribution is 5.79. The van der Waals surface area contributed by atoms with Gasteiger partial charge in [-0.05, 0) is 85.2 Å². The third kappa shape index (κ3) is 3.57. The highest BCUT2D eigenvalue weighted by Crippen LogP contribution is 2.35. The maximum Gasteiger partial charge on any atom is 0.213 e. The number of aryl methyl sites for hydroxylation is 6. The summed E-state index contributed by atoms with van der Waals surface area (Å²) in [5.74, 6) is 0. The van der Waals surface area contributed by atoms with Crippen molar-refractivity contribution in [3.05, 3.63) is 101 Å². The second kappa shape index (κ2) is 7.91. The summed E-state index contributed by atoms with van der Waals surface area (Å²) in [4.78, 5) is 0. The lowest BCUT2D eigenvalue weighted by atomic mass is 9.90. The van der Waals surface area contributed by atoms with Crippen LogP contribution in [-0.4, -0.2) is 0 Å². The minimum absolute atomic E-state index is 1.24. The molecule has 0 aliphatic rings. The molecule has 150 valence electrons. The molecule has 4 aromatic rings. The molecule has 4 rings (SSSR count). The van der Waals surface area contributed by atoms with Crippen LogP contribution in [0.3, 0.4) is 0 Å². The summed E-state index contributed by atoms with van der Waals surface area (Å²) >= 11 is 0. The zero-order valence-electron chi connectivity index (χ0n) is 18.9. The van der Waals surface area contributed by atoms with Gasteiger partial charge in [0.05, 0.1) is 0 Å². The molecular formula is C29H30N+. The van der Waals surface area contributed by atoms with Crippen molar-refractivity contribution >= 4 is 0 Å². The van der Waals surface area contributed by atoms with E-state index in [2.05, 4.69) is 119 Å². The van der Waals surface area contributed by atoms with Crippen molar-refractivity contribution in [2.75, 3.05) is 0 Å². The van der Waals surface area contributed by atoms with Gasteiger partial charge in [-0.1, -0.05) is 54.6 Å². The molecule has 1 heteroatoms. The first kappa shape index (κ1) is 20.1. The Balaban J connectivity index is 1.96. The van der Waals surface area contributed by atoms with Gasteiger partial charge in [-0.15, -0.1) is 0 Å². The zero-order valence-corrected chi connectivity index (χ0v) is 18.9. The quantitative estimate of drug-likeness (QED) is 0.329. The Labute approximate surface area is 180 Å². The minimum atomic E-state index is 1.24. The van der Waals surface area contributed by atoms with Crippen molar-refractivity contribution in [1.29, 1.82) is 0 Å². The van der Waals surface area contributed by atoms with Crippen LogP contribution in [0.1, 0.15) is 27.8 Å². The molecule has 0 aliphatic heterocycles. The molecule has 30 heavy (non-hydrogen) atoms. The number of benzene rings is 3. The largest absolute Gasteiger partial charge is 0.213 e. The normalized spacial score (nSPS) is 11.0. The van der Waals surface area contributed by atoms with Crippen molar-refractivity contribution in [2.24, 2.45) is 7.05 Å². The molecule has 0 fully saturated rings. The van der Waals surface area contributed by atoms with E-state index in [0.29, 0.717) is 0 Å². The molecule has 0 saturated heterocycles. The first-order valence-electron chi connectivity index (χ1n) is 10.6. The van der Waals surface area contributed by atoms with Gasteiger partial charge in [0.25, 0.3) is 0 Å². The Bertz CT molecular complexity index is 1210. The van der Waals surface area contributed by atoms with Gasteiger partial charge in [0.1, 0.15) is 7.05 Å². The predicted molar refractivity (Wildman–Crippen MR) is 128 cm³/mol. The summed E-state index contributed by atoms with van der Waals surface area (Å²) in [5.41, 5.74) is 14.3. The summed E-state index contributed by atoms with van der Waals surface area (Å²) in [6, 6.07) is 24.3. The summed E-state index contributed by atoms with van der Waals surface area (Å²) in [6.45, 7) is 11.0. The fourth-order valence-corrected chi connectivity index (χ4v) is 4.62. The maximum atomic E-state index is 2.37. The van der Waals surface area contributed by atoms with Crippen LogP contribution in [-0.2, 0) is 7.05 Å². The number of hydrogen-bond acceptors (Lipinski definition) is 0. The Kier molecular flexibility index (Phi) is 5.30. The van der Waals surface area contributed by atoms with E-state index in [1.165, 1.54) is 61.3 Å². The van der Waals surface area contributed by atoms with Gasteiger partial charge in [-0.25, -0.2) is 4.57 Å². The second-order valence-corrected chi connectivity index (χ2v) is 8.48. The zero-order chi connectivity index (χ0) is 21.4. The molecule has 0 amide bonds. The van der Waals surface area contributed by atoms with Crippen molar-refractivity contribution in [3.63, 3.8) is 0 Å². The van der Waals surface area contributed by atoms with E-state index in [-0.39, 0.29) is 0 Å². The fraction of sp³-hybridized carbons (Fsp3) is 0.207. The average Bonchev–Trinajstić information content (AvgIpc) is 2.70. The highest BCUT2D eigenvalue weighted by atomic mass is 14.9. The van der Waals surface area contributed by atoms with E-state index in [9.17, 15) is 0 Å². The third-order valence-electron chi connectivity index (χ3n) is 6.16. The van der Waals surface area contributed by atoms with Crippen molar-refractivity contribution in [1.82, 2.24) is 0 Å². The number of aromatic nitrogens is 1. The number of pyridine rings is 1. The standard InChI is InChI=1S/C29H30N/c1-19-11-10-12-20(2)29(19)27-17-28(30(6)18-23(27)5)26-16-25(21(3)15-22(26)4)24-13-8-7-9-14-24/h7-18H,1-6H3/q+1. The Morgan fingerprint density at radius 3 is 1.83 bits per heavy atom. The molecule has 0 unspecified atom stereocenters. The number of nitrogens with zero attached hydrogens (tertiary/aromatic N) is 1. The van der Waals surface area contributed by atoms with E-state index in [1.54, 1.807) is 0 Å². The minimum Gasteiger partial charge on any atom is -0.201 e. The van der Waals surface area contributed by atoms with Crippen LogP contribution < -0.4 is 4.57 Å². The first-order chi connectivity index (χ1) is 14.4. The topological polar surface area (TPSA) is 3.88 Å². The third-order valence-corrected chi connectivity index (χ3v) is 6.16. The van der Waals surface area contributed by atoms with Gasteiger partial charge in [0.15, 0.2) is 6.20 Å². The van der Waals surface area contributed by atoms with Gasteiger partial charge in [-0.3, -0.25) is 0 Å². The summed E-state index contributed by atoms with van der Waals surface area (Å²) < 4.78 is 2.26. The molecule has 1 aromatic heterocycles. The van der Waals surface area contributed by atoms with E-state index >= 15 is 0 Å². The first-order valence-corrected chi connectivity index (χ1v) is 10.6. The van der Waals surface area contributed by atoms with Crippen molar-refractivity contribution in [2.45, 2.75) is 34.6 Å².